The van der Waals surface area contributed by atoms with Gasteiger partial charge in [-0.2, -0.15) is 0 Å². The third kappa shape index (κ3) is 5.68. The van der Waals surface area contributed by atoms with Crippen LogP contribution in [0.3, 0.4) is 0 Å². The van der Waals surface area contributed by atoms with E-state index in [1.54, 1.807) is 0 Å². The van der Waals surface area contributed by atoms with E-state index in [9.17, 15) is 9.50 Å². The third-order valence-electron chi connectivity index (χ3n) is 6.24. The highest BCUT2D eigenvalue weighted by Gasteiger charge is 2.36. The molecular formula is C22H34FN3O3. The fourth-order valence-electron chi connectivity index (χ4n) is 4.26. The molecule has 2 heterocycles. The molecule has 0 spiro atoms. The van der Waals surface area contributed by atoms with Gasteiger partial charge in [-0.1, -0.05) is 12.1 Å². The topological polar surface area (TPSA) is 75.1 Å². The number of nitrogens with zero attached hydrogens (tertiary/aromatic N) is 1. The maximum Gasteiger partial charge on any atom is 0.191 e. The molecule has 0 amide bonds. The molecule has 0 saturated carbocycles. The minimum absolute atomic E-state index is 0.0789. The fraction of sp³-hybridized carbons (Fsp3) is 0.682. The van der Waals surface area contributed by atoms with Crippen LogP contribution in [0.2, 0.25) is 0 Å². The van der Waals surface area contributed by atoms with E-state index in [1.165, 1.54) is 12.1 Å². The van der Waals surface area contributed by atoms with E-state index in [0.717, 1.165) is 43.9 Å². The molecule has 1 unspecified atom stereocenters. The normalized spacial score (nSPS) is 24.4. The van der Waals surface area contributed by atoms with Gasteiger partial charge in [0, 0.05) is 50.3 Å². The van der Waals surface area contributed by atoms with Gasteiger partial charge in [0.1, 0.15) is 5.82 Å². The van der Waals surface area contributed by atoms with Crippen LogP contribution < -0.4 is 10.6 Å². The Kier molecular flexibility index (Phi) is 7.86. The van der Waals surface area contributed by atoms with Gasteiger partial charge in [-0.3, -0.25) is 4.99 Å². The Balaban J connectivity index is 1.72. The number of aliphatic hydroxyl groups is 1. The quantitative estimate of drug-likeness (QED) is 0.455. The molecule has 0 bridgehead atoms. The van der Waals surface area contributed by atoms with Crippen molar-refractivity contribution in [2.75, 3.05) is 52.7 Å². The van der Waals surface area contributed by atoms with Gasteiger partial charge in [0.05, 0.1) is 13.2 Å². The van der Waals surface area contributed by atoms with Crippen LogP contribution in [0, 0.1) is 11.2 Å². The summed E-state index contributed by atoms with van der Waals surface area (Å²) in [4.78, 5) is 4.82. The largest absolute Gasteiger partial charge is 0.396 e. The summed E-state index contributed by atoms with van der Waals surface area (Å²) in [6, 6.07) is 6.84. The summed E-state index contributed by atoms with van der Waals surface area (Å²) in [7, 11) is 0. The average molecular weight is 408 g/mol. The van der Waals surface area contributed by atoms with E-state index in [1.807, 2.05) is 19.1 Å². The van der Waals surface area contributed by atoms with Gasteiger partial charge in [-0.25, -0.2) is 4.39 Å². The minimum Gasteiger partial charge on any atom is -0.396 e. The first kappa shape index (κ1) is 22.0. The van der Waals surface area contributed by atoms with Gasteiger partial charge in [0.2, 0.25) is 0 Å². The SMILES string of the molecule is CCNC(=NCC1(CCO)CCOC1)NCC1(c2ccc(F)cc2)CCOCC1. The van der Waals surface area contributed by atoms with Gasteiger partial charge >= 0.3 is 0 Å². The molecule has 162 valence electrons. The van der Waals surface area contributed by atoms with Gasteiger partial charge in [-0.05, 0) is 50.3 Å². The summed E-state index contributed by atoms with van der Waals surface area (Å²) >= 11 is 0. The molecule has 7 heteroatoms. The Bertz CT molecular complexity index is 654. The summed E-state index contributed by atoms with van der Waals surface area (Å²) < 4.78 is 24.6. The number of benzene rings is 1. The number of aliphatic hydroxyl groups excluding tert-OH is 1. The van der Waals surface area contributed by atoms with Crippen LogP contribution >= 0.6 is 0 Å². The highest BCUT2D eigenvalue weighted by atomic mass is 19.1. The molecule has 0 aliphatic carbocycles. The van der Waals surface area contributed by atoms with E-state index in [0.29, 0.717) is 39.3 Å². The van der Waals surface area contributed by atoms with Crippen molar-refractivity contribution in [3.8, 4) is 0 Å². The molecule has 1 aromatic rings. The zero-order valence-corrected chi connectivity index (χ0v) is 17.4. The van der Waals surface area contributed by atoms with Gasteiger partial charge < -0.3 is 25.2 Å². The highest BCUT2D eigenvalue weighted by molar-refractivity contribution is 5.79. The van der Waals surface area contributed by atoms with Gasteiger partial charge in [0.25, 0.3) is 0 Å². The van der Waals surface area contributed by atoms with Crippen LogP contribution in [0.5, 0.6) is 0 Å². The van der Waals surface area contributed by atoms with Crippen LogP contribution in [0.1, 0.15) is 38.2 Å². The molecule has 1 aromatic carbocycles. The van der Waals surface area contributed by atoms with E-state index in [4.69, 9.17) is 14.5 Å². The number of hydrogen-bond acceptors (Lipinski definition) is 4. The predicted octanol–water partition coefficient (Wildman–Crippen LogP) is 2.22. The van der Waals surface area contributed by atoms with Crippen molar-refractivity contribution >= 4 is 5.96 Å². The Morgan fingerprint density at radius 1 is 1.10 bits per heavy atom. The van der Waals surface area contributed by atoms with Crippen molar-refractivity contribution in [3.05, 3.63) is 35.6 Å². The maximum atomic E-state index is 13.4. The number of aliphatic imine (C=N–C) groups is 1. The maximum absolute atomic E-state index is 13.4. The molecule has 0 radical (unpaired) electrons. The lowest BCUT2D eigenvalue weighted by atomic mass is 9.74. The van der Waals surface area contributed by atoms with E-state index < -0.39 is 0 Å². The summed E-state index contributed by atoms with van der Waals surface area (Å²) in [6.07, 6.45) is 3.39. The van der Waals surface area contributed by atoms with Gasteiger partial charge in [0.15, 0.2) is 5.96 Å². The molecule has 2 aliphatic heterocycles. The zero-order valence-electron chi connectivity index (χ0n) is 17.4. The number of rotatable bonds is 8. The van der Waals surface area contributed by atoms with E-state index in [-0.39, 0.29) is 23.3 Å². The summed E-state index contributed by atoms with van der Waals surface area (Å²) in [6.45, 7) is 7.06. The minimum atomic E-state index is -0.216. The number of hydrogen-bond donors (Lipinski definition) is 3. The van der Waals surface area contributed by atoms with Crippen LogP contribution in [-0.4, -0.2) is 63.7 Å². The van der Waals surface area contributed by atoms with Crippen molar-refractivity contribution in [2.45, 2.75) is 38.0 Å². The lowest BCUT2D eigenvalue weighted by Gasteiger charge is -2.38. The molecule has 6 nitrogen and oxygen atoms in total. The molecule has 2 saturated heterocycles. The van der Waals surface area contributed by atoms with Gasteiger partial charge in [-0.15, -0.1) is 0 Å². The molecule has 3 rings (SSSR count). The number of ether oxygens (including phenoxy) is 2. The molecule has 1 atom stereocenters. The predicted molar refractivity (Wildman–Crippen MR) is 112 cm³/mol. The van der Waals surface area contributed by atoms with Crippen molar-refractivity contribution in [1.29, 1.82) is 0 Å². The van der Waals surface area contributed by atoms with Crippen molar-refractivity contribution in [3.63, 3.8) is 0 Å². The van der Waals surface area contributed by atoms with Crippen molar-refractivity contribution in [2.24, 2.45) is 10.4 Å². The van der Waals surface area contributed by atoms with E-state index in [2.05, 4.69) is 10.6 Å². The second-order valence-electron chi connectivity index (χ2n) is 8.22. The van der Waals surface area contributed by atoms with Crippen LogP contribution in [-0.2, 0) is 14.9 Å². The monoisotopic (exact) mass is 407 g/mol. The molecule has 2 aliphatic rings. The summed E-state index contributed by atoms with van der Waals surface area (Å²) in [5, 5.41) is 16.3. The van der Waals surface area contributed by atoms with E-state index >= 15 is 0 Å². The fourth-order valence-corrected chi connectivity index (χ4v) is 4.26. The van der Waals surface area contributed by atoms with Crippen molar-refractivity contribution < 1.29 is 19.0 Å². The third-order valence-corrected chi connectivity index (χ3v) is 6.24. The van der Waals surface area contributed by atoms with Crippen LogP contribution in [0.15, 0.2) is 29.3 Å². The zero-order chi connectivity index (χ0) is 20.6. The van der Waals surface area contributed by atoms with Crippen LogP contribution in [0.25, 0.3) is 0 Å². The smallest absolute Gasteiger partial charge is 0.191 e. The first-order chi connectivity index (χ1) is 14.1. The molecule has 29 heavy (non-hydrogen) atoms. The van der Waals surface area contributed by atoms with Crippen LogP contribution in [0.4, 0.5) is 4.39 Å². The van der Waals surface area contributed by atoms with Crippen molar-refractivity contribution in [1.82, 2.24) is 10.6 Å². The molecular weight excluding hydrogens is 373 g/mol. The first-order valence-electron chi connectivity index (χ1n) is 10.7. The second-order valence-corrected chi connectivity index (χ2v) is 8.22. The molecule has 3 N–H and O–H groups in total. The average Bonchev–Trinajstić information content (AvgIpc) is 3.20. The second kappa shape index (κ2) is 10.4. The Morgan fingerprint density at radius 2 is 1.83 bits per heavy atom. The Morgan fingerprint density at radius 3 is 2.45 bits per heavy atom. The lowest BCUT2D eigenvalue weighted by Crippen LogP contribution is -2.48. The standard InChI is InChI=1S/C22H34FN3O3/c1-2-24-20(25-15-21(7-11-27)8-12-29-17-21)26-16-22(9-13-28-14-10-22)18-3-5-19(23)6-4-18/h3-6,27H,2,7-17H2,1H3,(H2,24,25,26). The molecule has 0 aromatic heterocycles. The summed E-state index contributed by atoms with van der Waals surface area (Å²) in [5.41, 5.74) is 0.942. The first-order valence-corrected chi connectivity index (χ1v) is 10.7. The number of nitrogens with one attached hydrogen (secondary N) is 2. The highest BCUT2D eigenvalue weighted by Crippen LogP contribution is 2.35. The Hall–Kier alpha value is -1.70. The lowest BCUT2D eigenvalue weighted by molar-refractivity contribution is 0.0513. The molecule has 2 fully saturated rings. The summed E-state index contributed by atoms with van der Waals surface area (Å²) in [5.74, 6) is 0.552. The number of halogens is 1. The Labute approximate surface area is 172 Å². The number of guanidine groups is 1.